The lowest BCUT2D eigenvalue weighted by atomic mass is 10.1. The Bertz CT molecular complexity index is 1160. The standard InChI is InChI=1S/C25H24N2OS/c1-16-10-11-21(12-17(16)2)24(28)27(15-20-8-6-5-7-9-20)25-26-22-13-18(3)19(4)14-23(22)29-25/h5-14H,15H2,1-4H3. The van der Waals surface area contributed by atoms with Crippen LogP contribution in [0, 0.1) is 27.7 Å². The molecular formula is C25H24N2OS. The van der Waals surface area contributed by atoms with E-state index in [9.17, 15) is 4.79 Å². The van der Waals surface area contributed by atoms with Crippen molar-refractivity contribution in [1.82, 2.24) is 4.98 Å². The highest BCUT2D eigenvalue weighted by atomic mass is 32.1. The average Bonchev–Trinajstić information content (AvgIpc) is 3.11. The molecule has 0 aliphatic rings. The molecule has 4 aromatic rings. The Kier molecular flexibility index (Phi) is 5.20. The summed E-state index contributed by atoms with van der Waals surface area (Å²) in [4.78, 5) is 20.1. The van der Waals surface area contributed by atoms with E-state index >= 15 is 0 Å². The van der Waals surface area contributed by atoms with Crippen LogP contribution in [0.1, 0.15) is 38.2 Å². The molecule has 0 unspecified atom stereocenters. The fourth-order valence-electron chi connectivity index (χ4n) is 3.31. The summed E-state index contributed by atoms with van der Waals surface area (Å²) >= 11 is 1.57. The fraction of sp³-hybridized carbons (Fsp3) is 0.200. The third-order valence-corrected chi connectivity index (χ3v) is 6.45. The van der Waals surface area contributed by atoms with E-state index in [1.165, 1.54) is 16.7 Å². The molecule has 4 heteroatoms. The molecule has 0 saturated heterocycles. The van der Waals surface area contributed by atoms with Gasteiger partial charge in [-0.25, -0.2) is 4.98 Å². The van der Waals surface area contributed by atoms with Gasteiger partial charge in [-0.3, -0.25) is 9.69 Å². The van der Waals surface area contributed by atoms with Gasteiger partial charge in [0.25, 0.3) is 5.91 Å². The highest BCUT2D eigenvalue weighted by molar-refractivity contribution is 7.22. The number of hydrogen-bond donors (Lipinski definition) is 0. The molecule has 1 heterocycles. The summed E-state index contributed by atoms with van der Waals surface area (Å²) in [7, 11) is 0. The summed E-state index contributed by atoms with van der Waals surface area (Å²) in [6, 6.07) is 20.2. The second-order valence-corrected chi connectivity index (χ2v) is 8.59. The number of rotatable bonds is 4. The molecule has 3 nitrogen and oxygen atoms in total. The Morgan fingerprint density at radius 2 is 1.55 bits per heavy atom. The molecule has 0 aliphatic heterocycles. The van der Waals surface area contributed by atoms with Crippen LogP contribution in [-0.2, 0) is 6.54 Å². The molecule has 4 rings (SSSR count). The monoisotopic (exact) mass is 400 g/mol. The fourth-order valence-corrected chi connectivity index (χ4v) is 4.35. The van der Waals surface area contributed by atoms with Crippen LogP contribution >= 0.6 is 11.3 Å². The highest BCUT2D eigenvalue weighted by Crippen LogP contribution is 2.32. The number of carbonyl (C=O) groups excluding carboxylic acids is 1. The second-order valence-electron chi connectivity index (χ2n) is 7.58. The number of nitrogens with zero attached hydrogens (tertiary/aromatic N) is 2. The number of amides is 1. The molecule has 146 valence electrons. The van der Waals surface area contributed by atoms with Crippen molar-refractivity contribution in [2.45, 2.75) is 34.2 Å². The van der Waals surface area contributed by atoms with E-state index in [-0.39, 0.29) is 5.91 Å². The summed E-state index contributed by atoms with van der Waals surface area (Å²) in [5, 5.41) is 0.733. The minimum atomic E-state index is -0.0237. The maximum absolute atomic E-state index is 13.5. The smallest absolute Gasteiger partial charge is 0.260 e. The number of aryl methyl sites for hydroxylation is 4. The van der Waals surface area contributed by atoms with Crippen LogP contribution in [0.15, 0.2) is 60.7 Å². The molecule has 1 aromatic heterocycles. The summed E-state index contributed by atoms with van der Waals surface area (Å²) in [6.45, 7) is 8.79. The number of hydrogen-bond acceptors (Lipinski definition) is 3. The second kappa shape index (κ2) is 7.80. The average molecular weight is 401 g/mol. The Morgan fingerprint density at radius 1 is 0.862 bits per heavy atom. The first-order valence-electron chi connectivity index (χ1n) is 9.73. The van der Waals surface area contributed by atoms with Crippen molar-refractivity contribution in [3.63, 3.8) is 0 Å². The number of anilines is 1. The third kappa shape index (κ3) is 3.94. The van der Waals surface area contributed by atoms with Crippen molar-refractivity contribution in [2.75, 3.05) is 4.90 Å². The van der Waals surface area contributed by atoms with Crippen LogP contribution in [0.4, 0.5) is 5.13 Å². The normalized spacial score (nSPS) is 11.0. The quantitative estimate of drug-likeness (QED) is 0.398. The molecule has 0 aliphatic carbocycles. The van der Waals surface area contributed by atoms with Gasteiger partial charge in [-0.05, 0) is 79.8 Å². The van der Waals surface area contributed by atoms with E-state index in [0.717, 1.165) is 26.5 Å². The predicted molar refractivity (Wildman–Crippen MR) is 122 cm³/mol. The Balaban J connectivity index is 1.79. The lowest BCUT2D eigenvalue weighted by molar-refractivity contribution is 0.0985. The van der Waals surface area contributed by atoms with Gasteiger partial charge in [-0.1, -0.05) is 47.7 Å². The zero-order valence-corrected chi connectivity index (χ0v) is 18.0. The molecule has 0 bridgehead atoms. The first kappa shape index (κ1) is 19.3. The number of fused-ring (bicyclic) bond motifs is 1. The molecule has 3 aromatic carbocycles. The zero-order chi connectivity index (χ0) is 20.5. The van der Waals surface area contributed by atoms with Crippen molar-refractivity contribution in [1.29, 1.82) is 0 Å². The minimum Gasteiger partial charge on any atom is -0.279 e. The van der Waals surface area contributed by atoms with Gasteiger partial charge in [0.15, 0.2) is 5.13 Å². The van der Waals surface area contributed by atoms with Crippen molar-refractivity contribution < 1.29 is 4.79 Å². The van der Waals surface area contributed by atoms with E-state index < -0.39 is 0 Å². The van der Waals surface area contributed by atoms with Gasteiger partial charge >= 0.3 is 0 Å². The third-order valence-electron chi connectivity index (χ3n) is 5.41. The van der Waals surface area contributed by atoms with E-state index in [1.807, 2.05) is 55.5 Å². The van der Waals surface area contributed by atoms with Gasteiger partial charge in [0, 0.05) is 5.56 Å². The van der Waals surface area contributed by atoms with E-state index in [1.54, 1.807) is 16.2 Å². The van der Waals surface area contributed by atoms with Gasteiger partial charge in [0.1, 0.15) is 0 Å². The molecule has 1 amide bonds. The van der Waals surface area contributed by atoms with Crippen molar-refractivity contribution in [3.05, 3.63) is 94.0 Å². The lowest BCUT2D eigenvalue weighted by Crippen LogP contribution is -2.30. The molecule has 29 heavy (non-hydrogen) atoms. The topological polar surface area (TPSA) is 33.2 Å². The van der Waals surface area contributed by atoms with Gasteiger partial charge < -0.3 is 0 Å². The van der Waals surface area contributed by atoms with E-state index in [0.29, 0.717) is 12.1 Å². The maximum Gasteiger partial charge on any atom is 0.260 e. The van der Waals surface area contributed by atoms with Crippen LogP contribution < -0.4 is 4.90 Å². The summed E-state index contributed by atoms with van der Waals surface area (Å²) in [6.07, 6.45) is 0. The van der Waals surface area contributed by atoms with Crippen molar-refractivity contribution in [2.24, 2.45) is 0 Å². The highest BCUT2D eigenvalue weighted by Gasteiger charge is 2.22. The van der Waals surface area contributed by atoms with Gasteiger partial charge in [-0.15, -0.1) is 0 Å². The zero-order valence-electron chi connectivity index (χ0n) is 17.2. The largest absolute Gasteiger partial charge is 0.279 e. The molecule has 0 N–H and O–H groups in total. The lowest BCUT2D eigenvalue weighted by Gasteiger charge is -2.20. The number of aromatic nitrogens is 1. The molecule has 0 atom stereocenters. The van der Waals surface area contributed by atoms with E-state index in [4.69, 9.17) is 4.98 Å². The first-order chi connectivity index (χ1) is 13.9. The van der Waals surface area contributed by atoms with Crippen LogP contribution in [0.2, 0.25) is 0 Å². The number of thiazole rings is 1. The predicted octanol–water partition coefficient (Wildman–Crippen LogP) is 6.38. The van der Waals surface area contributed by atoms with Crippen molar-refractivity contribution >= 4 is 32.6 Å². The van der Waals surface area contributed by atoms with Gasteiger partial charge in [0.05, 0.1) is 16.8 Å². The molecule has 0 fully saturated rings. The molecule has 0 radical (unpaired) electrons. The summed E-state index contributed by atoms with van der Waals surface area (Å²) in [5.41, 5.74) is 7.46. The van der Waals surface area contributed by atoms with Crippen LogP contribution in [0.25, 0.3) is 10.2 Å². The number of benzene rings is 3. The first-order valence-corrected chi connectivity index (χ1v) is 10.5. The Morgan fingerprint density at radius 3 is 2.28 bits per heavy atom. The maximum atomic E-state index is 13.5. The summed E-state index contributed by atoms with van der Waals surface area (Å²) in [5.74, 6) is -0.0237. The SMILES string of the molecule is Cc1ccc(C(=O)N(Cc2ccccc2)c2nc3cc(C)c(C)cc3s2)cc1C. The Hall–Kier alpha value is -2.98. The Labute approximate surface area is 175 Å². The van der Waals surface area contributed by atoms with Crippen molar-refractivity contribution in [3.8, 4) is 0 Å². The van der Waals surface area contributed by atoms with Gasteiger partial charge in [-0.2, -0.15) is 0 Å². The van der Waals surface area contributed by atoms with Gasteiger partial charge in [0.2, 0.25) is 0 Å². The molecular weight excluding hydrogens is 376 g/mol. The summed E-state index contributed by atoms with van der Waals surface area (Å²) < 4.78 is 1.11. The number of carbonyl (C=O) groups is 1. The molecule has 0 spiro atoms. The van der Waals surface area contributed by atoms with Crippen LogP contribution in [0.5, 0.6) is 0 Å². The van der Waals surface area contributed by atoms with Crippen LogP contribution in [-0.4, -0.2) is 10.9 Å². The van der Waals surface area contributed by atoms with E-state index in [2.05, 4.69) is 32.9 Å². The minimum absolute atomic E-state index is 0.0237. The molecule has 0 saturated carbocycles. The van der Waals surface area contributed by atoms with Crippen LogP contribution in [0.3, 0.4) is 0 Å².